The maximum absolute atomic E-state index is 13.1. The molecule has 0 saturated heterocycles. The van der Waals surface area contributed by atoms with Crippen LogP contribution < -0.4 is 10.6 Å². The van der Waals surface area contributed by atoms with Crippen molar-refractivity contribution in [3.05, 3.63) is 71.6 Å². The number of benzene rings is 2. The molecule has 3 rings (SSSR count). The van der Waals surface area contributed by atoms with Crippen molar-refractivity contribution in [3.63, 3.8) is 0 Å². The zero-order chi connectivity index (χ0) is 21.7. The highest BCUT2D eigenvalue weighted by molar-refractivity contribution is 5.92. The van der Waals surface area contributed by atoms with E-state index in [1.807, 2.05) is 32.0 Å². The summed E-state index contributed by atoms with van der Waals surface area (Å²) in [7, 11) is 0. The Kier molecular flexibility index (Phi) is 6.56. The number of carbonyl (C=O) groups excluding carboxylic acids is 2. The Balaban J connectivity index is 1.65. The Morgan fingerprint density at radius 1 is 1.17 bits per heavy atom. The minimum Gasteiger partial charge on any atom is -0.345 e. The van der Waals surface area contributed by atoms with E-state index in [1.54, 1.807) is 25.1 Å². The summed E-state index contributed by atoms with van der Waals surface area (Å²) in [5, 5.41) is 9.88. The molecule has 7 nitrogen and oxygen atoms in total. The first-order valence-electron chi connectivity index (χ1n) is 9.75. The average Bonchev–Trinajstić information content (AvgIpc) is 3.14. The first-order chi connectivity index (χ1) is 14.4. The molecule has 0 radical (unpaired) electrons. The lowest BCUT2D eigenvalue weighted by atomic mass is 10.1. The van der Waals surface area contributed by atoms with Gasteiger partial charge in [0.1, 0.15) is 11.6 Å². The van der Waals surface area contributed by atoms with Gasteiger partial charge >= 0.3 is 0 Å². The van der Waals surface area contributed by atoms with E-state index in [1.165, 1.54) is 16.8 Å². The van der Waals surface area contributed by atoms with E-state index < -0.39 is 5.91 Å². The number of carbonyl (C=O) groups is 2. The summed E-state index contributed by atoms with van der Waals surface area (Å²) in [5.41, 5.74) is 2.13. The third-order valence-electron chi connectivity index (χ3n) is 4.75. The van der Waals surface area contributed by atoms with E-state index in [2.05, 4.69) is 20.7 Å². The van der Waals surface area contributed by atoms with Crippen LogP contribution in [0.3, 0.4) is 0 Å². The molecule has 1 atom stereocenters. The first kappa shape index (κ1) is 21.2. The molecule has 2 aromatic carbocycles. The van der Waals surface area contributed by atoms with Gasteiger partial charge in [-0.1, -0.05) is 26.0 Å². The van der Waals surface area contributed by atoms with Crippen molar-refractivity contribution >= 4 is 17.5 Å². The lowest BCUT2D eigenvalue weighted by Gasteiger charge is -2.11. The van der Waals surface area contributed by atoms with Gasteiger partial charge in [0.05, 0.1) is 5.69 Å². The van der Waals surface area contributed by atoms with Gasteiger partial charge in [0.25, 0.3) is 5.91 Å². The Bertz CT molecular complexity index is 1050. The molecule has 1 heterocycles. The Morgan fingerprint density at radius 3 is 2.60 bits per heavy atom. The topological polar surface area (TPSA) is 88.9 Å². The fourth-order valence-electron chi connectivity index (χ4n) is 2.78. The van der Waals surface area contributed by atoms with Crippen LogP contribution >= 0.6 is 0 Å². The Morgan fingerprint density at radius 2 is 1.90 bits per heavy atom. The maximum atomic E-state index is 13.1. The van der Waals surface area contributed by atoms with Gasteiger partial charge in [0.15, 0.2) is 0 Å². The minimum atomic E-state index is -0.423. The summed E-state index contributed by atoms with van der Waals surface area (Å²) in [6, 6.07) is 13.1. The van der Waals surface area contributed by atoms with E-state index in [0.29, 0.717) is 17.2 Å². The highest BCUT2D eigenvalue weighted by Crippen LogP contribution is 2.14. The summed E-state index contributed by atoms with van der Waals surface area (Å²) < 4.78 is 14.6. The highest BCUT2D eigenvalue weighted by atomic mass is 19.1. The van der Waals surface area contributed by atoms with Gasteiger partial charge in [0, 0.05) is 18.2 Å². The third-order valence-corrected chi connectivity index (χ3v) is 4.75. The van der Waals surface area contributed by atoms with Crippen LogP contribution in [-0.2, 0) is 11.3 Å². The van der Waals surface area contributed by atoms with Gasteiger partial charge in [-0.05, 0) is 55.3 Å². The fraction of sp³-hybridized carbons (Fsp3) is 0.273. The number of nitrogens with zero attached hydrogens (tertiary/aromatic N) is 3. The van der Waals surface area contributed by atoms with E-state index >= 15 is 0 Å². The minimum absolute atomic E-state index is 0.0260. The van der Waals surface area contributed by atoms with Gasteiger partial charge in [-0.25, -0.2) is 14.1 Å². The molecule has 0 fully saturated rings. The number of halogens is 1. The summed E-state index contributed by atoms with van der Waals surface area (Å²) in [6.45, 7) is 5.81. The molecule has 1 aromatic heterocycles. The smallest absolute Gasteiger partial charge is 0.291 e. The second-order valence-electron chi connectivity index (χ2n) is 7.05. The molecule has 8 heteroatoms. The molecular formula is C22H24FN5O2. The number of aryl methyl sites for hydroxylation is 1. The van der Waals surface area contributed by atoms with Crippen LogP contribution in [0.25, 0.3) is 5.69 Å². The number of nitrogens with one attached hydrogen (secondary N) is 2. The highest BCUT2D eigenvalue weighted by Gasteiger charge is 2.15. The van der Waals surface area contributed by atoms with E-state index in [0.717, 1.165) is 12.0 Å². The number of hydrogen-bond donors (Lipinski definition) is 2. The van der Waals surface area contributed by atoms with E-state index in [9.17, 15) is 14.0 Å². The fourth-order valence-corrected chi connectivity index (χ4v) is 2.78. The van der Waals surface area contributed by atoms with Crippen LogP contribution in [0.1, 0.15) is 42.3 Å². The van der Waals surface area contributed by atoms with Crippen molar-refractivity contribution in [3.8, 4) is 5.69 Å². The molecule has 0 aliphatic heterocycles. The number of rotatable bonds is 7. The zero-order valence-electron chi connectivity index (χ0n) is 17.1. The molecular weight excluding hydrogens is 385 g/mol. The van der Waals surface area contributed by atoms with Crippen LogP contribution in [0.4, 0.5) is 10.1 Å². The van der Waals surface area contributed by atoms with Crippen molar-refractivity contribution in [1.29, 1.82) is 0 Å². The van der Waals surface area contributed by atoms with Crippen LogP contribution in [0.15, 0.2) is 48.5 Å². The molecule has 0 unspecified atom stereocenters. The van der Waals surface area contributed by atoms with E-state index in [-0.39, 0.29) is 30.0 Å². The van der Waals surface area contributed by atoms with Crippen molar-refractivity contribution in [2.75, 3.05) is 5.32 Å². The molecule has 3 aromatic rings. The average molecular weight is 409 g/mol. The molecule has 2 N–H and O–H groups in total. The molecule has 2 amide bonds. The number of aromatic nitrogens is 3. The molecule has 0 aliphatic rings. The van der Waals surface area contributed by atoms with Gasteiger partial charge in [-0.15, -0.1) is 5.10 Å². The Hall–Kier alpha value is -3.55. The van der Waals surface area contributed by atoms with E-state index in [4.69, 9.17) is 0 Å². The quantitative estimate of drug-likeness (QED) is 0.624. The Labute approximate surface area is 174 Å². The van der Waals surface area contributed by atoms with Crippen molar-refractivity contribution in [1.82, 2.24) is 20.1 Å². The van der Waals surface area contributed by atoms with Crippen LogP contribution in [0.2, 0.25) is 0 Å². The zero-order valence-corrected chi connectivity index (χ0v) is 17.1. The van der Waals surface area contributed by atoms with Crippen molar-refractivity contribution < 1.29 is 14.0 Å². The molecule has 0 saturated carbocycles. The summed E-state index contributed by atoms with van der Waals surface area (Å²) in [5.74, 6) is -0.340. The van der Waals surface area contributed by atoms with Gasteiger partial charge in [0.2, 0.25) is 11.7 Å². The number of hydrogen-bond acceptors (Lipinski definition) is 4. The lowest BCUT2D eigenvalue weighted by molar-refractivity contribution is -0.119. The van der Waals surface area contributed by atoms with Gasteiger partial charge < -0.3 is 10.6 Å². The summed E-state index contributed by atoms with van der Waals surface area (Å²) >= 11 is 0. The summed E-state index contributed by atoms with van der Waals surface area (Å²) in [6.07, 6.45) is 0.762. The largest absolute Gasteiger partial charge is 0.345 e. The van der Waals surface area contributed by atoms with Gasteiger partial charge in [-0.2, -0.15) is 0 Å². The van der Waals surface area contributed by atoms with Gasteiger partial charge in [-0.3, -0.25) is 9.59 Å². The molecule has 0 bridgehead atoms. The lowest BCUT2D eigenvalue weighted by Crippen LogP contribution is -2.24. The van der Waals surface area contributed by atoms with Crippen molar-refractivity contribution in [2.45, 2.75) is 33.7 Å². The second-order valence-corrected chi connectivity index (χ2v) is 7.05. The molecule has 0 spiro atoms. The van der Waals surface area contributed by atoms with Crippen LogP contribution in [0, 0.1) is 18.7 Å². The third kappa shape index (κ3) is 5.08. The number of anilines is 1. The SMILES string of the molecule is CC[C@@H](C)C(=O)Nc1cccc(CNC(=O)c2nc(C)n(-c3ccc(F)cc3)n2)c1. The summed E-state index contributed by atoms with van der Waals surface area (Å²) in [4.78, 5) is 28.7. The molecule has 0 aliphatic carbocycles. The maximum Gasteiger partial charge on any atom is 0.291 e. The predicted molar refractivity (Wildman–Crippen MR) is 112 cm³/mol. The molecule has 30 heavy (non-hydrogen) atoms. The monoisotopic (exact) mass is 409 g/mol. The van der Waals surface area contributed by atoms with Crippen molar-refractivity contribution in [2.24, 2.45) is 5.92 Å². The normalized spacial score (nSPS) is 11.7. The van der Waals surface area contributed by atoms with Crippen LogP contribution in [-0.4, -0.2) is 26.6 Å². The second kappa shape index (κ2) is 9.30. The standard InChI is InChI=1S/C22H24FN5O2/c1-4-14(2)21(29)26-18-7-5-6-16(12-18)13-24-22(30)20-25-15(3)28(27-20)19-10-8-17(23)9-11-19/h5-12,14H,4,13H2,1-3H3,(H,24,30)(H,26,29)/t14-/m1/s1. The van der Waals surface area contributed by atoms with Crippen LogP contribution in [0.5, 0.6) is 0 Å². The molecule has 156 valence electrons. The first-order valence-corrected chi connectivity index (χ1v) is 9.75. The predicted octanol–water partition coefficient (Wildman–Crippen LogP) is 3.63. The number of amides is 2.